The number of nitrogens with one attached hydrogen (secondary N) is 1. The quantitative estimate of drug-likeness (QED) is 0.690. The zero-order chi connectivity index (χ0) is 24.0. The Morgan fingerprint density at radius 1 is 1.21 bits per heavy atom. The molecule has 0 saturated heterocycles. The molecular formula is C24H32F3N3O3. The second-order valence-corrected chi connectivity index (χ2v) is 10.7. The maximum absolute atomic E-state index is 13.8. The van der Waals surface area contributed by atoms with E-state index in [1.165, 1.54) is 0 Å². The molecule has 33 heavy (non-hydrogen) atoms. The van der Waals surface area contributed by atoms with Crippen LogP contribution >= 0.6 is 0 Å². The van der Waals surface area contributed by atoms with Crippen LogP contribution in [-0.2, 0) is 28.7 Å². The summed E-state index contributed by atoms with van der Waals surface area (Å²) >= 11 is 0. The van der Waals surface area contributed by atoms with E-state index >= 15 is 0 Å². The van der Waals surface area contributed by atoms with Gasteiger partial charge in [-0.15, -0.1) is 0 Å². The van der Waals surface area contributed by atoms with Crippen LogP contribution in [0.4, 0.5) is 18.0 Å². The summed E-state index contributed by atoms with van der Waals surface area (Å²) in [6, 6.07) is 0.972. The van der Waals surface area contributed by atoms with Crippen molar-refractivity contribution in [3.05, 3.63) is 29.1 Å². The Morgan fingerprint density at radius 3 is 2.55 bits per heavy atom. The van der Waals surface area contributed by atoms with Crippen LogP contribution in [0.15, 0.2) is 12.3 Å². The van der Waals surface area contributed by atoms with E-state index in [-0.39, 0.29) is 24.4 Å². The standard InChI is InChI=1S/C24H32F3N3O3/c1-22(2,3)33-21(32)29-18-7-9-23(12-18,16-5-4-6-16)20(31)30-10-8-19-15(14-30)11-17(13-28-19)24(25,26)27/h11,13,16,18H,4-10,12,14H2,1-3H3,(H,29,32)/t18-,23+/m1/s1. The number of rotatable bonds is 3. The summed E-state index contributed by atoms with van der Waals surface area (Å²) in [5, 5.41) is 2.92. The highest BCUT2D eigenvalue weighted by Gasteiger charge is 2.54. The summed E-state index contributed by atoms with van der Waals surface area (Å²) in [7, 11) is 0. The van der Waals surface area contributed by atoms with Gasteiger partial charge in [-0.1, -0.05) is 6.42 Å². The summed E-state index contributed by atoms with van der Waals surface area (Å²) < 4.78 is 44.9. The van der Waals surface area contributed by atoms with Crippen molar-refractivity contribution in [2.24, 2.45) is 11.3 Å². The molecule has 3 aliphatic rings. The summed E-state index contributed by atoms with van der Waals surface area (Å²) in [6.45, 7) is 6.00. The number of amides is 2. The lowest BCUT2D eigenvalue weighted by molar-refractivity contribution is -0.149. The van der Waals surface area contributed by atoms with Crippen LogP contribution in [0.25, 0.3) is 0 Å². The molecule has 1 aromatic heterocycles. The van der Waals surface area contributed by atoms with Crippen molar-refractivity contribution in [2.45, 2.75) is 90.1 Å². The highest BCUT2D eigenvalue weighted by molar-refractivity contribution is 5.84. The Kier molecular flexibility index (Phi) is 6.12. The number of aromatic nitrogens is 1. The monoisotopic (exact) mass is 467 g/mol. The molecule has 9 heteroatoms. The molecule has 6 nitrogen and oxygen atoms in total. The van der Waals surface area contributed by atoms with Gasteiger partial charge in [-0.2, -0.15) is 13.2 Å². The third-order valence-corrected chi connectivity index (χ3v) is 7.24. The molecule has 0 unspecified atom stereocenters. The number of pyridine rings is 1. The molecule has 0 radical (unpaired) electrons. The van der Waals surface area contributed by atoms with Gasteiger partial charge in [0.15, 0.2) is 0 Å². The lowest BCUT2D eigenvalue weighted by Crippen LogP contribution is -2.51. The summed E-state index contributed by atoms with van der Waals surface area (Å²) in [6.07, 6.45) is 1.27. The van der Waals surface area contributed by atoms with Crippen molar-refractivity contribution < 1.29 is 27.5 Å². The Morgan fingerprint density at radius 2 is 1.94 bits per heavy atom. The number of fused-ring (bicyclic) bond motifs is 1. The molecule has 1 N–H and O–H groups in total. The molecule has 1 aliphatic heterocycles. The molecule has 2 saturated carbocycles. The molecule has 2 atom stereocenters. The molecule has 2 amide bonds. The van der Waals surface area contributed by atoms with Crippen LogP contribution in [0.2, 0.25) is 0 Å². The minimum Gasteiger partial charge on any atom is -0.444 e. The number of carbonyl (C=O) groups is 2. The minimum atomic E-state index is -4.46. The highest BCUT2D eigenvalue weighted by atomic mass is 19.4. The van der Waals surface area contributed by atoms with Gasteiger partial charge in [0.2, 0.25) is 5.91 Å². The molecule has 0 spiro atoms. The Bertz CT molecular complexity index is 924. The highest BCUT2D eigenvalue weighted by Crippen LogP contribution is 2.53. The number of alkyl halides is 3. The fourth-order valence-electron chi connectivity index (χ4n) is 5.44. The molecule has 0 bridgehead atoms. The SMILES string of the molecule is CC(C)(C)OC(=O)N[C@@H]1CC[C@@](C(=O)N2CCc3ncc(C(F)(F)F)cc3C2)(C2CCC2)C1. The third-order valence-electron chi connectivity index (χ3n) is 7.24. The first kappa shape index (κ1) is 23.8. The van der Waals surface area contributed by atoms with E-state index in [4.69, 9.17) is 4.74 Å². The summed E-state index contributed by atoms with van der Waals surface area (Å²) in [5.74, 6) is 0.250. The normalized spacial score (nSPS) is 25.9. The molecule has 2 aliphatic carbocycles. The van der Waals surface area contributed by atoms with Crippen molar-refractivity contribution in [3.63, 3.8) is 0 Å². The van der Waals surface area contributed by atoms with E-state index in [1.54, 1.807) is 25.7 Å². The van der Waals surface area contributed by atoms with Gasteiger partial charge >= 0.3 is 12.3 Å². The van der Waals surface area contributed by atoms with Crippen molar-refractivity contribution in [1.29, 1.82) is 0 Å². The number of ether oxygens (including phenoxy) is 1. The van der Waals surface area contributed by atoms with Gasteiger partial charge in [0.1, 0.15) is 5.60 Å². The lowest BCUT2D eigenvalue weighted by atomic mass is 9.63. The van der Waals surface area contributed by atoms with Gasteiger partial charge in [0.05, 0.1) is 11.0 Å². The number of alkyl carbamates (subject to hydrolysis) is 1. The maximum atomic E-state index is 13.8. The lowest BCUT2D eigenvalue weighted by Gasteiger charge is -2.45. The second-order valence-electron chi connectivity index (χ2n) is 10.7. The van der Waals surface area contributed by atoms with Gasteiger partial charge in [0, 0.05) is 37.4 Å². The van der Waals surface area contributed by atoms with Crippen LogP contribution < -0.4 is 5.32 Å². The number of halogens is 3. The topological polar surface area (TPSA) is 71.5 Å². The molecule has 0 aromatic carbocycles. The molecule has 1 aromatic rings. The fourth-order valence-corrected chi connectivity index (χ4v) is 5.44. The molecular weight excluding hydrogens is 435 g/mol. The van der Waals surface area contributed by atoms with E-state index in [0.717, 1.165) is 31.5 Å². The van der Waals surface area contributed by atoms with Gasteiger partial charge in [-0.05, 0) is 70.4 Å². The summed E-state index contributed by atoms with van der Waals surface area (Å²) in [5.41, 5.74) is -0.875. The number of hydrogen-bond donors (Lipinski definition) is 1. The van der Waals surface area contributed by atoms with Crippen LogP contribution in [0.3, 0.4) is 0 Å². The minimum absolute atomic E-state index is 0.00347. The average Bonchev–Trinajstić information content (AvgIpc) is 3.06. The van der Waals surface area contributed by atoms with Crippen molar-refractivity contribution >= 4 is 12.0 Å². The smallest absolute Gasteiger partial charge is 0.417 e. The van der Waals surface area contributed by atoms with Crippen LogP contribution in [0.1, 0.15) is 76.1 Å². The molecule has 2 fully saturated rings. The zero-order valence-electron chi connectivity index (χ0n) is 19.4. The predicted octanol–water partition coefficient (Wildman–Crippen LogP) is 4.85. The van der Waals surface area contributed by atoms with Crippen molar-refractivity contribution in [1.82, 2.24) is 15.2 Å². The van der Waals surface area contributed by atoms with E-state index in [1.807, 2.05) is 0 Å². The largest absolute Gasteiger partial charge is 0.444 e. The fraction of sp³-hybridized carbons (Fsp3) is 0.708. The second kappa shape index (κ2) is 8.47. The van der Waals surface area contributed by atoms with Gasteiger partial charge in [-0.3, -0.25) is 9.78 Å². The van der Waals surface area contributed by atoms with Crippen LogP contribution in [0, 0.1) is 11.3 Å². The Labute approximate surface area is 192 Å². The van der Waals surface area contributed by atoms with E-state index < -0.39 is 28.8 Å². The first-order valence-corrected chi connectivity index (χ1v) is 11.7. The molecule has 182 valence electrons. The predicted molar refractivity (Wildman–Crippen MR) is 115 cm³/mol. The van der Waals surface area contributed by atoms with E-state index in [2.05, 4.69) is 10.3 Å². The zero-order valence-corrected chi connectivity index (χ0v) is 19.4. The molecule has 4 rings (SSSR count). The van der Waals surface area contributed by atoms with E-state index in [9.17, 15) is 22.8 Å². The van der Waals surface area contributed by atoms with Gasteiger partial charge in [0.25, 0.3) is 0 Å². The summed E-state index contributed by atoms with van der Waals surface area (Å²) in [4.78, 5) is 31.8. The number of carbonyl (C=O) groups excluding carboxylic acids is 2. The first-order valence-electron chi connectivity index (χ1n) is 11.7. The van der Waals surface area contributed by atoms with E-state index in [0.29, 0.717) is 43.5 Å². The first-order chi connectivity index (χ1) is 15.4. The van der Waals surface area contributed by atoms with Crippen LogP contribution in [0.5, 0.6) is 0 Å². The van der Waals surface area contributed by atoms with Gasteiger partial charge < -0.3 is 15.0 Å². The third kappa shape index (κ3) is 4.96. The van der Waals surface area contributed by atoms with Gasteiger partial charge in [-0.25, -0.2) is 4.79 Å². The Hall–Kier alpha value is -2.32. The Balaban J connectivity index is 1.50. The maximum Gasteiger partial charge on any atom is 0.417 e. The van der Waals surface area contributed by atoms with Crippen molar-refractivity contribution in [3.8, 4) is 0 Å². The number of hydrogen-bond acceptors (Lipinski definition) is 4. The number of nitrogens with zero attached hydrogens (tertiary/aromatic N) is 2. The molecule has 2 heterocycles. The van der Waals surface area contributed by atoms with Crippen molar-refractivity contribution in [2.75, 3.05) is 6.54 Å². The average molecular weight is 468 g/mol. The van der Waals surface area contributed by atoms with Crippen LogP contribution in [-0.4, -0.2) is 40.1 Å².